The van der Waals surface area contributed by atoms with E-state index in [9.17, 15) is 19.2 Å². The molecule has 1 saturated heterocycles. The summed E-state index contributed by atoms with van der Waals surface area (Å²) >= 11 is 3.57. The topological polar surface area (TPSA) is 242 Å². The van der Waals surface area contributed by atoms with E-state index < -0.39 is 29.6 Å². The first-order valence-electron chi connectivity index (χ1n) is 12.2. The zero-order valence-corrected chi connectivity index (χ0v) is 25.0. The molecule has 0 aliphatic carbocycles. The lowest BCUT2D eigenvalue weighted by Crippen LogP contribution is -2.69. The molecule has 3 amide bonds. The smallest absolute Gasteiger partial charge is 0.407 e. The Balaban J connectivity index is 1.32. The Labute approximate surface area is 251 Å². The molecule has 2 aromatic rings. The molecule has 1 unspecified atom stereocenters. The van der Waals surface area contributed by atoms with E-state index in [-0.39, 0.29) is 47.6 Å². The summed E-state index contributed by atoms with van der Waals surface area (Å²) in [6.07, 6.45) is 1.08. The minimum Gasteiger partial charge on any atom is -0.480 e. The second-order valence-electron chi connectivity index (χ2n) is 9.65. The standard InChI is InChI=1S/C21H27N11O7S3/c1-21(2,3)39-20(37)23-4-5-38-27-12(14-25-18(22)42-28-14)15(35)24-13-16(36)31-6-10(8-40-17(13)31)9-41-19-26-29-30-32(19)7-11(33)34/h6,13,17H,4-5,7-9H2,1-3H3,(H,23,37)(H,24,35)(H,33,34)(H2,22,25,28)/t13?,17-/m0/s1. The minimum absolute atomic E-state index is 0.0517. The molecular formula is C21H27N11O7S3. The molecule has 2 aliphatic rings. The summed E-state index contributed by atoms with van der Waals surface area (Å²) < 4.78 is 10.3. The van der Waals surface area contributed by atoms with Gasteiger partial charge in [0.1, 0.15) is 30.2 Å². The molecule has 2 aliphatic heterocycles. The molecule has 0 bridgehead atoms. The summed E-state index contributed by atoms with van der Waals surface area (Å²) in [5.41, 5.74) is 5.64. The number of fused-ring (bicyclic) bond motifs is 1. The maximum Gasteiger partial charge on any atom is 0.407 e. The van der Waals surface area contributed by atoms with Crippen LogP contribution in [0.4, 0.5) is 9.93 Å². The zero-order chi connectivity index (χ0) is 30.4. The number of nitrogens with two attached hydrogens (primary N) is 1. The van der Waals surface area contributed by atoms with Crippen LogP contribution in [-0.2, 0) is 30.5 Å². The molecule has 2 aromatic heterocycles. The van der Waals surface area contributed by atoms with Crippen LogP contribution in [0.5, 0.6) is 0 Å². The van der Waals surface area contributed by atoms with Gasteiger partial charge in [-0.05, 0) is 36.8 Å². The average Bonchev–Trinajstić information content (AvgIpc) is 3.54. The van der Waals surface area contributed by atoms with E-state index in [1.54, 1.807) is 27.0 Å². The second-order valence-corrected chi connectivity index (χ2v) is 12.5. The monoisotopic (exact) mass is 641 g/mol. The molecule has 42 heavy (non-hydrogen) atoms. The van der Waals surface area contributed by atoms with Crippen LogP contribution in [-0.4, -0.2) is 111 Å². The van der Waals surface area contributed by atoms with Gasteiger partial charge in [-0.25, -0.2) is 9.48 Å². The van der Waals surface area contributed by atoms with Crippen LogP contribution in [0.3, 0.4) is 0 Å². The van der Waals surface area contributed by atoms with E-state index in [1.807, 2.05) is 0 Å². The van der Waals surface area contributed by atoms with E-state index in [1.165, 1.54) is 33.1 Å². The Morgan fingerprint density at radius 3 is 2.81 bits per heavy atom. The number of nitrogens with one attached hydrogen (secondary N) is 2. The molecule has 0 spiro atoms. The molecule has 21 heteroatoms. The molecule has 0 aromatic carbocycles. The molecule has 1 fully saturated rings. The fraction of sp³-hybridized carbons (Fsp3) is 0.524. The predicted octanol–water partition coefficient (Wildman–Crippen LogP) is -0.487. The summed E-state index contributed by atoms with van der Waals surface area (Å²) in [6, 6.07) is -0.828. The number of ether oxygens (including phenoxy) is 1. The minimum atomic E-state index is -1.07. The molecule has 5 N–H and O–H groups in total. The van der Waals surface area contributed by atoms with Crippen LogP contribution < -0.4 is 16.4 Å². The third-order valence-electron chi connectivity index (χ3n) is 5.18. The van der Waals surface area contributed by atoms with E-state index in [4.69, 9.17) is 20.4 Å². The number of carbonyl (C=O) groups is 4. The summed E-state index contributed by atoms with van der Waals surface area (Å²) in [5, 5.41) is 29.1. The number of rotatable bonds is 12. The van der Waals surface area contributed by atoms with E-state index in [0.29, 0.717) is 16.7 Å². The van der Waals surface area contributed by atoms with Crippen LogP contribution in [0, 0.1) is 0 Å². The Morgan fingerprint density at radius 2 is 2.12 bits per heavy atom. The summed E-state index contributed by atoms with van der Waals surface area (Å²) in [7, 11) is 0. The van der Waals surface area contributed by atoms with Crippen LogP contribution in [0.15, 0.2) is 22.1 Å². The lowest BCUT2D eigenvalue weighted by molar-refractivity contribution is -0.143. The van der Waals surface area contributed by atoms with Gasteiger partial charge < -0.3 is 35.9 Å². The third-order valence-corrected chi connectivity index (χ3v) is 8.17. The van der Waals surface area contributed by atoms with Gasteiger partial charge in [-0.2, -0.15) is 9.36 Å². The molecule has 0 radical (unpaired) electrons. The predicted molar refractivity (Wildman–Crippen MR) is 150 cm³/mol. The Kier molecular flexibility index (Phi) is 9.83. The number of nitrogens with zero attached hydrogens (tertiary/aromatic N) is 8. The maximum atomic E-state index is 13.1. The molecule has 226 valence electrons. The Hall–Kier alpha value is -3.98. The van der Waals surface area contributed by atoms with Crippen molar-refractivity contribution in [1.82, 2.24) is 45.1 Å². The van der Waals surface area contributed by atoms with Gasteiger partial charge in [0.05, 0.1) is 6.54 Å². The van der Waals surface area contributed by atoms with Crippen molar-refractivity contribution >= 4 is 69.8 Å². The number of hydrogen-bond acceptors (Lipinski definition) is 16. The lowest BCUT2D eigenvalue weighted by atomic mass is 10.1. The first kappa shape index (κ1) is 31.0. The quantitative estimate of drug-likeness (QED) is 0.0751. The van der Waals surface area contributed by atoms with Crippen molar-refractivity contribution in [3.63, 3.8) is 0 Å². The van der Waals surface area contributed by atoms with Gasteiger partial charge >= 0.3 is 12.1 Å². The number of anilines is 1. The molecule has 4 heterocycles. The van der Waals surface area contributed by atoms with E-state index in [2.05, 4.69) is 40.7 Å². The largest absolute Gasteiger partial charge is 0.480 e. The van der Waals surface area contributed by atoms with Crippen molar-refractivity contribution in [3.8, 4) is 0 Å². The van der Waals surface area contributed by atoms with Crippen molar-refractivity contribution in [3.05, 3.63) is 17.6 Å². The van der Waals surface area contributed by atoms with Gasteiger partial charge in [-0.3, -0.25) is 14.4 Å². The van der Waals surface area contributed by atoms with Crippen LogP contribution >= 0.6 is 35.1 Å². The van der Waals surface area contributed by atoms with Gasteiger partial charge in [0.15, 0.2) is 5.13 Å². The SMILES string of the molecule is CC(C)(C)OC(=O)NCCON=C(C(=O)NC1C(=O)N2C=C(CSc3nnnn3CC(=O)O)CS[C@@H]12)c1nsc(N)n1. The highest BCUT2D eigenvalue weighted by molar-refractivity contribution is 8.01. The number of aromatic nitrogens is 6. The molecule has 18 nitrogen and oxygen atoms in total. The number of hydrogen-bond donors (Lipinski definition) is 4. The molecule has 2 atom stereocenters. The normalized spacial score (nSPS) is 18.5. The number of carboxylic acid groups (broad SMARTS) is 1. The number of alkyl carbamates (subject to hydrolysis) is 1. The van der Waals surface area contributed by atoms with Gasteiger partial charge in [0, 0.05) is 29.2 Å². The fourth-order valence-electron chi connectivity index (χ4n) is 3.47. The zero-order valence-electron chi connectivity index (χ0n) is 22.5. The summed E-state index contributed by atoms with van der Waals surface area (Å²) in [6.45, 7) is 4.80. The number of carbonyl (C=O) groups excluding carboxylic acids is 3. The first-order chi connectivity index (χ1) is 19.9. The molecule has 0 saturated carbocycles. The highest BCUT2D eigenvalue weighted by Gasteiger charge is 2.50. The van der Waals surface area contributed by atoms with Gasteiger partial charge in [0.25, 0.3) is 11.8 Å². The van der Waals surface area contributed by atoms with Gasteiger partial charge in [-0.15, -0.1) is 16.9 Å². The summed E-state index contributed by atoms with van der Waals surface area (Å²) in [5.74, 6) is -1.20. The maximum absolute atomic E-state index is 13.1. The number of thioether (sulfide) groups is 2. The first-order valence-corrected chi connectivity index (χ1v) is 15.0. The van der Waals surface area contributed by atoms with Crippen LogP contribution in [0.25, 0.3) is 0 Å². The number of nitrogen functional groups attached to an aromatic ring is 1. The Bertz CT molecular complexity index is 1400. The van der Waals surface area contributed by atoms with Crippen molar-refractivity contribution in [2.45, 2.75) is 49.5 Å². The second kappa shape index (κ2) is 13.3. The number of tetrazole rings is 1. The van der Waals surface area contributed by atoms with Crippen molar-refractivity contribution < 1.29 is 33.9 Å². The number of aliphatic carboxylic acids is 1. The number of carboxylic acids is 1. The van der Waals surface area contributed by atoms with Crippen molar-refractivity contribution in [2.75, 3.05) is 30.4 Å². The number of amides is 3. The fourth-order valence-corrected chi connectivity index (χ4v) is 6.13. The van der Waals surface area contributed by atoms with Crippen LogP contribution in [0.2, 0.25) is 0 Å². The van der Waals surface area contributed by atoms with Crippen LogP contribution in [0.1, 0.15) is 26.6 Å². The molecule has 4 rings (SSSR count). The van der Waals surface area contributed by atoms with E-state index in [0.717, 1.165) is 17.1 Å². The average molecular weight is 642 g/mol. The highest BCUT2D eigenvalue weighted by Crippen LogP contribution is 2.37. The van der Waals surface area contributed by atoms with E-state index >= 15 is 0 Å². The van der Waals surface area contributed by atoms with Gasteiger partial charge in [-0.1, -0.05) is 16.9 Å². The van der Waals surface area contributed by atoms with Crippen molar-refractivity contribution in [1.29, 1.82) is 0 Å². The third kappa shape index (κ3) is 8.06. The highest BCUT2D eigenvalue weighted by atomic mass is 32.2. The van der Waals surface area contributed by atoms with Gasteiger partial charge in [0.2, 0.25) is 16.7 Å². The number of β-lactam (4-membered cyclic amide) rings is 1. The van der Waals surface area contributed by atoms with Crippen molar-refractivity contribution in [2.24, 2.45) is 5.16 Å². The number of oxime groups is 1. The lowest BCUT2D eigenvalue weighted by Gasteiger charge is -2.47. The Morgan fingerprint density at radius 1 is 1.33 bits per heavy atom. The molecular weight excluding hydrogens is 615 g/mol. The summed E-state index contributed by atoms with van der Waals surface area (Å²) in [4.78, 5) is 59.4.